The van der Waals surface area contributed by atoms with Crippen LogP contribution in [0, 0.1) is 10.9 Å². The van der Waals surface area contributed by atoms with Gasteiger partial charge in [0.05, 0.1) is 0 Å². The zero-order chi connectivity index (χ0) is 11.1. The first kappa shape index (κ1) is 9.68. The third kappa shape index (κ3) is 1.38. The smallest absolute Gasteiger partial charge is 0.234 e. The molecule has 0 saturated heterocycles. The van der Waals surface area contributed by atoms with Gasteiger partial charge in [0.2, 0.25) is 4.96 Å². The zero-order valence-corrected chi connectivity index (χ0v) is 10.1. The maximum absolute atomic E-state index is 5.08. The number of aryl methyl sites for hydroxylation is 1. The van der Waals surface area contributed by atoms with Gasteiger partial charge in [0.1, 0.15) is 0 Å². The van der Waals surface area contributed by atoms with Crippen LogP contribution >= 0.6 is 23.6 Å². The van der Waals surface area contributed by atoms with Crippen LogP contribution in [0.4, 0.5) is 0 Å². The van der Waals surface area contributed by atoms with Crippen molar-refractivity contribution in [2.24, 2.45) is 0 Å². The van der Waals surface area contributed by atoms with E-state index in [1.54, 1.807) is 0 Å². The van der Waals surface area contributed by atoms with Crippen molar-refractivity contribution < 1.29 is 0 Å². The van der Waals surface area contributed by atoms with Crippen LogP contribution < -0.4 is 0 Å². The SMILES string of the molecule is Cc1ccccc1-c1nnc2sc(=S)[nH]n12. The van der Waals surface area contributed by atoms with Crippen LogP contribution in [0.5, 0.6) is 0 Å². The number of nitrogens with one attached hydrogen (secondary N) is 1. The topological polar surface area (TPSA) is 46.0 Å². The normalized spacial score (nSPS) is 11.1. The molecule has 3 aromatic rings. The Hall–Kier alpha value is -1.53. The van der Waals surface area contributed by atoms with Crippen LogP contribution in [0.2, 0.25) is 0 Å². The van der Waals surface area contributed by atoms with Gasteiger partial charge in [-0.05, 0) is 24.7 Å². The highest BCUT2D eigenvalue weighted by atomic mass is 32.1. The van der Waals surface area contributed by atoms with Gasteiger partial charge in [0, 0.05) is 5.56 Å². The lowest BCUT2D eigenvalue weighted by Crippen LogP contribution is -1.91. The van der Waals surface area contributed by atoms with Crippen molar-refractivity contribution in [3.8, 4) is 11.4 Å². The van der Waals surface area contributed by atoms with E-state index in [4.69, 9.17) is 12.2 Å². The van der Waals surface area contributed by atoms with E-state index in [-0.39, 0.29) is 0 Å². The third-order valence-electron chi connectivity index (χ3n) is 2.41. The van der Waals surface area contributed by atoms with E-state index >= 15 is 0 Å². The monoisotopic (exact) mass is 248 g/mol. The van der Waals surface area contributed by atoms with E-state index in [2.05, 4.69) is 28.3 Å². The second kappa shape index (κ2) is 3.50. The lowest BCUT2D eigenvalue weighted by Gasteiger charge is -2.01. The number of hydrogen-bond acceptors (Lipinski definition) is 4. The van der Waals surface area contributed by atoms with E-state index in [9.17, 15) is 0 Å². The summed E-state index contributed by atoms with van der Waals surface area (Å²) in [7, 11) is 0. The fourth-order valence-corrected chi connectivity index (χ4v) is 2.55. The van der Waals surface area contributed by atoms with Crippen LogP contribution in [-0.4, -0.2) is 19.8 Å². The van der Waals surface area contributed by atoms with Crippen molar-refractivity contribution in [3.05, 3.63) is 33.8 Å². The van der Waals surface area contributed by atoms with Gasteiger partial charge < -0.3 is 0 Å². The summed E-state index contributed by atoms with van der Waals surface area (Å²) in [5, 5.41) is 11.3. The standard InChI is InChI=1S/C10H8N4S2/c1-6-4-2-3-5-7(6)8-11-12-9-14(8)13-10(15)16-9/h2-5H,1H3,(H,13,15). The Labute approximate surface area is 101 Å². The summed E-state index contributed by atoms with van der Waals surface area (Å²) < 4.78 is 2.54. The summed E-state index contributed by atoms with van der Waals surface area (Å²) >= 11 is 6.51. The summed E-state index contributed by atoms with van der Waals surface area (Å²) in [6.07, 6.45) is 0. The van der Waals surface area contributed by atoms with Crippen LogP contribution in [0.25, 0.3) is 16.3 Å². The summed E-state index contributed by atoms with van der Waals surface area (Å²) in [6, 6.07) is 8.08. The number of rotatable bonds is 1. The molecule has 0 fully saturated rings. The van der Waals surface area contributed by atoms with Gasteiger partial charge in [0.15, 0.2) is 9.78 Å². The van der Waals surface area contributed by atoms with Crippen molar-refractivity contribution in [1.82, 2.24) is 19.8 Å². The fraction of sp³-hybridized carbons (Fsp3) is 0.100. The van der Waals surface area contributed by atoms with Gasteiger partial charge in [-0.2, -0.15) is 0 Å². The number of H-pyrrole nitrogens is 1. The van der Waals surface area contributed by atoms with Gasteiger partial charge in [0.25, 0.3) is 0 Å². The van der Waals surface area contributed by atoms with Crippen LogP contribution in [0.15, 0.2) is 24.3 Å². The number of hydrogen-bond donors (Lipinski definition) is 1. The Morgan fingerprint density at radius 1 is 1.31 bits per heavy atom. The third-order valence-corrected chi connectivity index (χ3v) is 3.47. The first-order chi connectivity index (χ1) is 7.75. The first-order valence-corrected chi connectivity index (χ1v) is 5.98. The molecule has 0 bridgehead atoms. The van der Waals surface area contributed by atoms with Gasteiger partial charge in [-0.25, -0.2) is 4.52 Å². The molecule has 16 heavy (non-hydrogen) atoms. The summed E-state index contributed by atoms with van der Waals surface area (Å²) in [5.74, 6) is 0.806. The molecule has 0 radical (unpaired) electrons. The molecule has 2 heterocycles. The minimum Gasteiger partial charge on any atom is -0.271 e. The lowest BCUT2D eigenvalue weighted by molar-refractivity contribution is 0.957. The number of fused-ring (bicyclic) bond motifs is 1. The van der Waals surface area contributed by atoms with Crippen LogP contribution in [-0.2, 0) is 0 Å². The molecule has 1 aromatic carbocycles. The molecule has 2 aromatic heterocycles. The summed E-state index contributed by atoms with van der Waals surface area (Å²) in [5.41, 5.74) is 2.24. The van der Waals surface area contributed by atoms with Crippen molar-refractivity contribution in [2.75, 3.05) is 0 Å². The van der Waals surface area contributed by atoms with E-state index in [0.29, 0.717) is 3.95 Å². The molecule has 0 aliphatic heterocycles. The quantitative estimate of drug-likeness (QED) is 0.674. The average molecular weight is 248 g/mol. The molecule has 1 N–H and O–H groups in total. The molecular formula is C10H8N4S2. The highest BCUT2D eigenvalue weighted by molar-refractivity contribution is 7.73. The molecular weight excluding hydrogens is 240 g/mol. The number of nitrogens with zero attached hydrogens (tertiary/aromatic N) is 3. The van der Waals surface area contributed by atoms with Gasteiger partial charge in [-0.3, -0.25) is 5.10 Å². The largest absolute Gasteiger partial charge is 0.271 e. The zero-order valence-electron chi connectivity index (χ0n) is 8.47. The average Bonchev–Trinajstić information content (AvgIpc) is 2.78. The molecule has 6 heteroatoms. The number of aromatic nitrogens is 4. The summed E-state index contributed by atoms with van der Waals surface area (Å²) in [6.45, 7) is 2.05. The fourth-order valence-electron chi connectivity index (χ4n) is 1.63. The molecule has 80 valence electrons. The predicted molar refractivity (Wildman–Crippen MR) is 66.2 cm³/mol. The van der Waals surface area contributed by atoms with Gasteiger partial charge >= 0.3 is 0 Å². The molecule has 0 aliphatic rings. The highest BCUT2D eigenvalue weighted by Crippen LogP contribution is 2.22. The molecule has 4 nitrogen and oxygen atoms in total. The molecule has 0 atom stereocenters. The van der Waals surface area contributed by atoms with Crippen LogP contribution in [0.3, 0.4) is 0 Å². The molecule has 0 spiro atoms. The van der Waals surface area contributed by atoms with Crippen molar-refractivity contribution in [3.63, 3.8) is 0 Å². The minimum absolute atomic E-state index is 0.708. The Morgan fingerprint density at radius 2 is 2.12 bits per heavy atom. The number of aromatic amines is 1. The van der Waals surface area contributed by atoms with E-state index in [1.807, 2.05) is 22.7 Å². The first-order valence-electron chi connectivity index (χ1n) is 4.76. The summed E-state index contributed by atoms with van der Waals surface area (Å²) in [4.78, 5) is 0.795. The second-order valence-corrected chi connectivity index (χ2v) is 5.10. The molecule has 3 rings (SSSR count). The van der Waals surface area contributed by atoms with E-state index in [1.165, 1.54) is 16.9 Å². The number of benzene rings is 1. The Morgan fingerprint density at radius 3 is 2.94 bits per heavy atom. The molecule has 0 aliphatic carbocycles. The Kier molecular flexibility index (Phi) is 2.12. The molecule has 0 saturated carbocycles. The van der Waals surface area contributed by atoms with Crippen molar-refractivity contribution >= 4 is 28.5 Å². The maximum Gasteiger partial charge on any atom is 0.234 e. The van der Waals surface area contributed by atoms with Crippen LogP contribution in [0.1, 0.15) is 5.56 Å². The highest BCUT2D eigenvalue weighted by Gasteiger charge is 2.11. The lowest BCUT2D eigenvalue weighted by atomic mass is 10.1. The Bertz CT molecular complexity index is 707. The maximum atomic E-state index is 5.08. The van der Waals surface area contributed by atoms with Gasteiger partial charge in [-0.1, -0.05) is 35.6 Å². The predicted octanol–water partition coefficient (Wildman–Crippen LogP) is 2.82. The molecule has 0 unspecified atom stereocenters. The Balaban J connectivity index is 2.34. The van der Waals surface area contributed by atoms with Crippen molar-refractivity contribution in [2.45, 2.75) is 6.92 Å². The van der Waals surface area contributed by atoms with E-state index < -0.39 is 0 Å². The van der Waals surface area contributed by atoms with E-state index in [0.717, 1.165) is 16.3 Å². The van der Waals surface area contributed by atoms with Crippen molar-refractivity contribution in [1.29, 1.82) is 0 Å². The minimum atomic E-state index is 0.708. The van der Waals surface area contributed by atoms with Gasteiger partial charge in [-0.15, -0.1) is 10.2 Å². The molecule has 0 amide bonds. The second-order valence-electron chi connectivity index (χ2n) is 3.46.